The molecule has 0 aliphatic carbocycles. The molecule has 0 aromatic heterocycles. The normalized spacial score (nSPS) is 13.9. The summed E-state index contributed by atoms with van der Waals surface area (Å²) in [6, 6.07) is 16.5. The first-order chi connectivity index (χ1) is 8.70. The third-order valence-electron chi connectivity index (χ3n) is 3.19. The van der Waals surface area contributed by atoms with Crippen molar-refractivity contribution in [3.63, 3.8) is 0 Å². The average Bonchev–Trinajstić information content (AvgIpc) is 2.47. The molecule has 18 heavy (non-hydrogen) atoms. The van der Waals surface area contributed by atoms with E-state index in [0.29, 0.717) is 17.4 Å². The van der Waals surface area contributed by atoms with Gasteiger partial charge in [-0.2, -0.15) is 0 Å². The Morgan fingerprint density at radius 2 is 1.56 bits per heavy atom. The Bertz CT molecular complexity index is 517. The van der Waals surface area contributed by atoms with Crippen LogP contribution in [0.2, 0.25) is 0 Å². The smallest absolute Gasteiger partial charge is 0.170 e. The monoisotopic (exact) mass is 240 g/mol. The Morgan fingerprint density at radius 3 is 2.06 bits per heavy atom. The summed E-state index contributed by atoms with van der Waals surface area (Å²) in [4.78, 5) is 11.3. The van der Waals surface area contributed by atoms with Crippen LogP contribution in [0.5, 0.6) is 0 Å². The molecule has 0 aliphatic rings. The van der Waals surface area contributed by atoms with E-state index in [4.69, 9.17) is 0 Å². The van der Waals surface area contributed by atoms with Crippen LogP contribution in [0.15, 0.2) is 54.6 Å². The van der Waals surface area contributed by atoms with Crippen LogP contribution in [0.4, 0.5) is 0 Å². The van der Waals surface area contributed by atoms with Crippen molar-refractivity contribution in [2.45, 2.75) is 18.9 Å². The fraction of sp³-hybridized carbons (Fsp3) is 0.188. The lowest BCUT2D eigenvalue weighted by Crippen LogP contribution is -2.28. The molecule has 2 aromatic carbocycles. The van der Waals surface area contributed by atoms with Crippen molar-refractivity contribution in [1.82, 2.24) is 0 Å². The van der Waals surface area contributed by atoms with Gasteiger partial charge < -0.3 is 5.11 Å². The lowest BCUT2D eigenvalue weighted by atomic mass is 9.87. The number of carbonyl (C=O) groups is 1. The molecule has 0 aliphatic heterocycles. The Balaban J connectivity index is 2.46. The highest BCUT2D eigenvalue weighted by Gasteiger charge is 2.30. The summed E-state index contributed by atoms with van der Waals surface area (Å²) in [6.45, 7) is 2.07. The molecule has 2 nitrogen and oxygen atoms in total. The van der Waals surface area contributed by atoms with Crippen molar-refractivity contribution in [3.8, 4) is 0 Å². The Labute approximate surface area is 107 Å². The minimum atomic E-state index is -1.56. The largest absolute Gasteiger partial charge is 0.373 e. The maximum absolute atomic E-state index is 11.3. The minimum Gasteiger partial charge on any atom is -0.373 e. The van der Waals surface area contributed by atoms with E-state index in [2.05, 4.69) is 6.92 Å². The maximum Gasteiger partial charge on any atom is 0.170 e. The predicted octanol–water partition coefficient (Wildman–Crippen LogP) is 2.68. The molecule has 92 valence electrons. The quantitative estimate of drug-likeness (QED) is 0.834. The van der Waals surface area contributed by atoms with Crippen molar-refractivity contribution in [2.75, 3.05) is 0 Å². The Hall–Kier alpha value is -1.93. The molecular weight excluding hydrogens is 224 g/mol. The van der Waals surface area contributed by atoms with E-state index in [9.17, 15) is 9.90 Å². The number of hydrogen-bond acceptors (Lipinski definition) is 2. The molecule has 2 aromatic rings. The van der Waals surface area contributed by atoms with Gasteiger partial charge in [-0.15, -0.1) is 0 Å². The standard InChI is InChI=1S/C16H16O2/c1-2-13-8-10-15(11-9-13)16(18,12-17)14-6-4-3-5-7-14/h3-12,18H,2H2,1H3. The van der Waals surface area contributed by atoms with Gasteiger partial charge in [-0.25, -0.2) is 0 Å². The molecule has 2 rings (SSSR count). The van der Waals surface area contributed by atoms with E-state index >= 15 is 0 Å². The van der Waals surface area contributed by atoms with Crippen LogP contribution in [-0.4, -0.2) is 11.4 Å². The van der Waals surface area contributed by atoms with Gasteiger partial charge in [0.15, 0.2) is 11.9 Å². The van der Waals surface area contributed by atoms with Gasteiger partial charge >= 0.3 is 0 Å². The number of benzene rings is 2. The molecule has 2 heteroatoms. The van der Waals surface area contributed by atoms with Crippen LogP contribution in [0.3, 0.4) is 0 Å². The summed E-state index contributed by atoms with van der Waals surface area (Å²) in [5.74, 6) is 0. The van der Waals surface area contributed by atoms with Crippen LogP contribution >= 0.6 is 0 Å². The first kappa shape index (κ1) is 12.5. The SMILES string of the molecule is CCc1ccc(C(O)(C=O)c2ccccc2)cc1. The molecule has 1 N–H and O–H groups in total. The van der Waals surface area contributed by atoms with Gasteiger partial charge in [0.1, 0.15) is 0 Å². The summed E-state index contributed by atoms with van der Waals surface area (Å²) in [6.07, 6.45) is 1.52. The molecule has 1 unspecified atom stereocenters. The first-order valence-corrected chi connectivity index (χ1v) is 6.04. The summed E-state index contributed by atoms with van der Waals surface area (Å²) in [5.41, 5.74) is 0.804. The highest BCUT2D eigenvalue weighted by atomic mass is 16.3. The van der Waals surface area contributed by atoms with Gasteiger partial charge in [-0.1, -0.05) is 61.5 Å². The fourth-order valence-electron chi connectivity index (χ4n) is 1.99. The van der Waals surface area contributed by atoms with E-state index in [1.165, 1.54) is 5.56 Å². The van der Waals surface area contributed by atoms with Gasteiger partial charge in [0.2, 0.25) is 0 Å². The summed E-state index contributed by atoms with van der Waals surface area (Å²) >= 11 is 0. The third-order valence-corrected chi connectivity index (χ3v) is 3.19. The zero-order chi connectivity index (χ0) is 13.0. The van der Waals surface area contributed by atoms with Crippen molar-refractivity contribution in [3.05, 3.63) is 71.3 Å². The van der Waals surface area contributed by atoms with Gasteiger partial charge in [-0.05, 0) is 23.1 Å². The number of carbonyl (C=O) groups excluding carboxylic acids is 1. The fourth-order valence-corrected chi connectivity index (χ4v) is 1.99. The van der Waals surface area contributed by atoms with E-state index in [1.807, 2.05) is 30.3 Å². The predicted molar refractivity (Wildman–Crippen MR) is 71.3 cm³/mol. The number of aryl methyl sites for hydroxylation is 1. The lowest BCUT2D eigenvalue weighted by molar-refractivity contribution is -0.121. The van der Waals surface area contributed by atoms with Crippen molar-refractivity contribution in [1.29, 1.82) is 0 Å². The van der Waals surface area contributed by atoms with Crippen LogP contribution in [0.1, 0.15) is 23.6 Å². The summed E-state index contributed by atoms with van der Waals surface area (Å²) in [7, 11) is 0. The molecule has 1 atom stereocenters. The van der Waals surface area contributed by atoms with Crippen molar-refractivity contribution in [2.24, 2.45) is 0 Å². The van der Waals surface area contributed by atoms with Crippen LogP contribution in [0, 0.1) is 0 Å². The molecular formula is C16H16O2. The van der Waals surface area contributed by atoms with E-state index in [1.54, 1.807) is 24.3 Å². The van der Waals surface area contributed by atoms with E-state index in [-0.39, 0.29) is 0 Å². The first-order valence-electron chi connectivity index (χ1n) is 6.04. The number of hydrogen-bond donors (Lipinski definition) is 1. The molecule has 0 heterocycles. The maximum atomic E-state index is 11.3. The van der Waals surface area contributed by atoms with Crippen LogP contribution < -0.4 is 0 Å². The number of aldehydes is 1. The highest BCUT2D eigenvalue weighted by Crippen LogP contribution is 2.27. The molecule has 0 bridgehead atoms. The van der Waals surface area contributed by atoms with Gasteiger partial charge in [0, 0.05) is 0 Å². The zero-order valence-electron chi connectivity index (χ0n) is 10.3. The molecule has 0 saturated carbocycles. The molecule has 0 saturated heterocycles. The number of aliphatic hydroxyl groups is 1. The van der Waals surface area contributed by atoms with E-state index < -0.39 is 5.60 Å². The van der Waals surface area contributed by atoms with Crippen LogP contribution in [0.25, 0.3) is 0 Å². The Kier molecular flexibility index (Phi) is 3.58. The molecule has 0 amide bonds. The number of rotatable bonds is 4. The topological polar surface area (TPSA) is 37.3 Å². The molecule has 0 spiro atoms. The second kappa shape index (κ2) is 5.15. The molecule has 0 fully saturated rings. The summed E-state index contributed by atoms with van der Waals surface area (Å²) in [5, 5.41) is 10.6. The second-order valence-electron chi connectivity index (χ2n) is 4.30. The van der Waals surface area contributed by atoms with Gasteiger partial charge in [-0.3, -0.25) is 4.79 Å². The Morgan fingerprint density at radius 1 is 1.00 bits per heavy atom. The van der Waals surface area contributed by atoms with Gasteiger partial charge in [0.05, 0.1) is 0 Å². The van der Waals surface area contributed by atoms with Gasteiger partial charge in [0.25, 0.3) is 0 Å². The molecule has 0 radical (unpaired) electrons. The summed E-state index contributed by atoms with van der Waals surface area (Å²) < 4.78 is 0. The average molecular weight is 240 g/mol. The highest BCUT2D eigenvalue weighted by molar-refractivity contribution is 5.72. The van der Waals surface area contributed by atoms with E-state index in [0.717, 1.165) is 6.42 Å². The lowest BCUT2D eigenvalue weighted by Gasteiger charge is -2.23. The van der Waals surface area contributed by atoms with Crippen LogP contribution in [-0.2, 0) is 16.8 Å². The van der Waals surface area contributed by atoms with Crippen molar-refractivity contribution >= 4 is 6.29 Å². The minimum absolute atomic E-state index is 0.587. The zero-order valence-corrected chi connectivity index (χ0v) is 10.3. The third kappa shape index (κ3) is 2.20. The second-order valence-corrected chi connectivity index (χ2v) is 4.30. The van der Waals surface area contributed by atoms with Crippen molar-refractivity contribution < 1.29 is 9.90 Å².